The van der Waals surface area contributed by atoms with E-state index in [1.807, 2.05) is 0 Å². The number of hydrogen-bond donors (Lipinski definition) is 5. The molecule has 11 nitrogen and oxygen atoms in total. The largest absolute Gasteiger partial charge is 0.504 e. The highest BCUT2D eigenvalue weighted by molar-refractivity contribution is 5.82. The molecule has 0 radical (unpaired) electrons. The van der Waals surface area contributed by atoms with Crippen LogP contribution in [0.15, 0.2) is 45.6 Å². The van der Waals surface area contributed by atoms with Gasteiger partial charge in [0.25, 0.3) is 0 Å². The van der Waals surface area contributed by atoms with Crippen LogP contribution in [-0.2, 0) is 4.74 Å². The molecule has 5 atom stereocenters. The Morgan fingerprint density at radius 1 is 0.912 bits per heavy atom. The van der Waals surface area contributed by atoms with Crippen molar-refractivity contribution in [3.63, 3.8) is 0 Å². The molecule has 3 aromatic rings. The first kappa shape index (κ1) is 23.8. The first-order valence-corrected chi connectivity index (χ1v) is 10.3. The highest BCUT2D eigenvalue weighted by atomic mass is 16.7. The molecule has 1 fully saturated rings. The van der Waals surface area contributed by atoms with E-state index >= 15 is 0 Å². The van der Waals surface area contributed by atoms with E-state index in [-0.39, 0.29) is 39.7 Å². The summed E-state index contributed by atoms with van der Waals surface area (Å²) in [6.45, 7) is -0.617. The summed E-state index contributed by atoms with van der Waals surface area (Å²) in [6, 6.07) is 8.51. The molecule has 1 aliphatic heterocycles. The molecule has 0 bridgehead atoms. The van der Waals surface area contributed by atoms with Crippen LogP contribution in [0.25, 0.3) is 22.3 Å². The summed E-state index contributed by atoms with van der Waals surface area (Å²) < 4.78 is 27.3. The molecule has 2 aromatic carbocycles. The van der Waals surface area contributed by atoms with Gasteiger partial charge in [-0.05, 0) is 24.3 Å². The smallest absolute Gasteiger partial charge is 0.229 e. The number of methoxy groups -OCH3 is 2. The molecule has 5 N–H and O–H groups in total. The molecule has 0 saturated carbocycles. The lowest BCUT2D eigenvalue weighted by molar-refractivity contribution is -0.277. The Balaban J connectivity index is 1.72. The molecule has 4 rings (SSSR count). The Bertz CT molecular complexity index is 1240. The van der Waals surface area contributed by atoms with Gasteiger partial charge in [0.2, 0.25) is 6.29 Å². The number of benzene rings is 2. The Morgan fingerprint density at radius 3 is 2.32 bits per heavy atom. The van der Waals surface area contributed by atoms with Gasteiger partial charge in [-0.3, -0.25) is 4.79 Å². The number of ether oxygens (including phenoxy) is 4. The van der Waals surface area contributed by atoms with Crippen LogP contribution in [0.2, 0.25) is 0 Å². The average Bonchev–Trinajstić information content (AvgIpc) is 2.84. The van der Waals surface area contributed by atoms with Gasteiger partial charge in [0, 0.05) is 17.7 Å². The first-order chi connectivity index (χ1) is 16.3. The predicted octanol–water partition coefficient (Wildman–Crippen LogP) is 0.361. The average molecular weight is 476 g/mol. The molecule has 1 aliphatic rings. The van der Waals surface area contributed by atoms with E-state index in [0.717, 1.165) is 0 Å². The number of aliphatic hydroxyl groups excluding tert-OH is 4. The number of phenols is 1. The SMILES string of the molecule is COc1cc(-c2cc(=O)c3cc(O[C@@H]4O[C@H](CO)[C@@H](O)[C@H](O)[C@H]4O)c(OC)cc3o2)ccc1O. The first-order valence-electron chi connectivity index (χ1n) is 10.3. The molecule has 11 heteroatoms. The summed E-state index contributed by atoms with van der Waals surface area (Å²) in [6.07, 6.45) is -7.43. The molecule has 2 heterocycles. The monoisotopic (exact) mass is 476 g/mol. The van der Waals surface area contributed by atoms with Crippen LogP contribution in [0.4, 0.5) is 0 Å². The Labute approximate surface area is 192 Å². The third kappa shape index (κ3) is 4.27. The minimum Gasteiger partial charge on any atom is -0.504 e. The van der Waals surface area contributed by atoms with Crippen molar-refractivity contribution in [1.29, 1.82) is 0 Å². The summed E-state index contributed by atoms with van der Waals surface area (Å²) in [7, 11) is 2.76. The van der Waals surface area contributed by atoms with Crippen molar-refractivity contribution >= 4 is 11.0 Å². The van der Waals surface area contributed by atoms with Gasteiger partial charge in [-0.25, -0.2) is 0 Å². The maximum atomic E-state index is 12.9. The number of fused-ring (bicyclic) bond motifs is 1. The zero-order valence-corrected chi connectivity index (χ0v) is 18.2. The van der Waals surface area contributed by atoms with E-state index in [0.29, 0.717) is 5.56 Å². The van der Waals surface area contributed by atoms with Crippen LogP contribution in [0.5, 0.6) is 23.0 Å². The van der Waals surface area contributed by atoms with Crippen molar-refractivity contribution in [1.82, 2.24) is 0 Å². The number of aromatic hydroxyl groups is 1. The van der Waals surface area contributed by atoms with Crippen molar-refractivity contribution in [3.8, 4) is 34.3 Å². The molecular formula is C23H24O11. The number of rotatable bonds is 6. The summed E-state index contributed by atoms with van der Waals surface area (Å²) in [5.41, 5.74) is 0.256. The fourth-order valence-electron chi connectivity index (χ4n) is 3.68. The highest BCUT2D eigenvalue weighted by Gasteiger charge is 2.45. The van der Waals surface area contributed by atoms with Crippen LogP contribution in [0, 0.1) is 0 Å². The lowest BCUT2D eigenvalue weighted by atomic mass is 9.99. The molecule has 182 valence electrons. The van der Waals surface area contributed by atoms with E-state index < -0.39 is 42.7 Å². The summed E-state index contributed by atoms with van der Waals surface area (Å²) in [5.74, 6) is 0.506. The quantitative estimate of drug-likeness (QED) is 0.333. The van der Waals surface area contributed by atoms with Crippen molar-refractivity contribution in [2.24, 2.45) is 0 Å². The summed E-state index contributed by atoms with van der Waals surface area (Å²) >= 11 is 0. The second-order valence-corrected chi connectivity index (χ2v) is 7.68. The van der Waals surface area contributed by atoms with Gasteiger partial charge < -0.3 is 48.9 Å². The normalized spacial score (nSPS) is 24.7. The number of hydrogen-bond acceptors (Lipinski definition) is 11. The maximum Gasteiger partial charge on any atom is 0.229 e. The Morgan fingerprint density at radius 2 is 1.65 bits per heavy atom. The molecule has 34 heavy (non-hydrogen) atoms. The zero-order valence-electron chi connectivity index (χ0n) is 18.2. The van der Waals surface area contributed by atoms with Gasteiger partial charge in [0.05, 0.1) is 26.2 Å². The predicted molar refractivity (Wildman–Crippen MR) is 117 cm³/mol. The Hall–Kier alpha value is -3.35. The summed E-state index contributed by atoms with van der Waals surface area (Å²) in [4.78, 5) is 12.9. The second kappa shape index (κ2) is 9.49. The van der Waals surface area contributed by atoms with Crippen molar-refractivity contribution in [2.45, 2.75) is 30.7 Å². The van der Waals surface area contributed by atoms with Crippen LogP contribution >= 0.6 is 0 Å². The topological polar surface area (TPSA) is 168 Å². The maximum absolute atomic E-state index is 12.9. The molecule has 1 aromatic heterocycles. The third-order valence-electron chi connectivity index (χ3n) is 5.57. The molecule has 0 aliphatic carbocycles. The lowest BCUT2D eigenvalue weighted by Gasteiger charge is -2.39. The lowest BCUT2D eigenvalue weighted by Crippen LogP contribution is -2.60. The molecule has 1 saturated heterocycles. The van der Waals surface area contributed by atoms with Crippen molar-refractivity contribution in [2.75, 3.05) is 20.8 Å². The number of phenolic OH excluding ortho intramolecular Hbond substituents is 1. The van der Waals surface area contributed by atoms with Crippen LogP contribution < -0.4 is 19.6 Å². The number of aliphatic hydroxyl groups is 4. The van der Waals surface area contributed by atoms with Crippen molar-refractivity contribution in [3.05, 3.63) is 46.6 Å². The third-order valence-corrected chi connectivity index (χ3v) is 5.57. The van der Waals surface area contributed by atoms with E-state index in [1.54, 1.807) is 6.07 Å². The summed E-state index contributed by atoms with van der Waals surface area (Å²) in [5, 5.41) is 49.5. The van der Waals surface area contributed by atoms with Crippen LogP contribution in [0.1, 0.15) is 0 Å². The van der Waals surface area contributed by atoms with Gasteiger partial charge in [0.1, 0.15) is 35.8 Å². The van der Waals surface area contributed by atoms with Crippen LogP contribution in [-0.4, -0.2) is 77.1 Å². The van der Waals surface area contributed by atoms with Gasteiger partial charge in [-0.15, -0.1) is 0 Å². The fraction of sp³-hybridized carbons (Fsp3) is 0.348. The van der Waals surface area contributed by atoms with Gasteiger partial charge in [-0.2, -0.15) is 0 Å². The van der Waals surface area contributed by atoms with Crippen molar-refractivity contribution < 1.29 is 48.9 Å². The van der Waals surface area contributed by atoms with Crippen LogP contribution in [0.3, 0.4) is 0 Å². The minimum atomic E-state index is -1.64. The molecular weight excluding hydrogens is 452 g/mol. The zero-order chi connectivity index (χ0) is 24.6. The molecule has 0 spiro atoms. The van der Waals surface area contributed by atoms with Gasteiger partial charge >= 0.3 is 0 Å². The van der Waals surface area contributed by atoms with E-state index in [1.165, 1.54) is 44.6 Å². The minimum absolute atomic E-state index is 0.00526. The highest BCUT2D eigenvalue weighted by Crippen LogP contribution is 2.36. The van der Waals surface area contributed by atoms with E-state index in [9.17, 15) is 30.3 Å². The molecule has 0 amide bonds. The van der Waals surface area contributed by atoms with E-state index in [2.05, 4.69) is 0 Å². The Kier molecular flexibility index (Phi) is 6.64. The van der Waals surface area contributed by atoms with Gasteiger partial charge in [-0.1, -0.05) is 0 Å². The second-order valence-electron chi connectivity index (χ2n) is 7.68. The fourth-order valence-corrected chi connectivity index (χ4v) is 3.68. The van der Waals surface area contributed by atoms with E-state index in [4.69, 9.17) is 23.4 Å². The van der Waals surface area contributed by atoms with Gasteiger partial charge in [0.15, 0.2) is 28.4 Å². The standard InChI is InChI=1S/C23H24O11/c1-30-16-5-10(3-4-12(16)25)14-7-13(26)11-6-18(17(31-2)8-15(11)32-14)33-23-22(29)21(28)20(27)19(9-24)34-23/h3-8,19-25,27-29H,9H2,1-2H3/t19-,20-,21+,22-,23-/m1/s1. The molecule has 0 unspecified atom stereocenters.